The first kappa shape index (κ1) is 11.2. The second-order valence-corrected chi connectivity index (χ2v) is 3.69. The van der Waals surface area contributed by atoms with Crippen LogP contribution in [0, 0.1) is 11.3 Å². The number of aromatic carboxylic acids is 1. The van der Waals surface area contributed by atoms with E-state index in [9.17, 15) is 4.79 Å². The zero-order chi connectivity index (χ0) is 12.4. The van der Waals surface area contributed by atoms with Gasteiger partial charge in [-0.2, -0.15) is 10.4 Å². The van der Waals surface area contributed by atoms with Gasteiger partial charge >= 0.3 is 5.97 Å². The Labute approximate surface area is 101 Å². The number of benzene rings is 1. The average molecular weight is 248 g/mol. The summed E-state index contributed by atoms with van der Waals surface area (Å²) in [4.78, 5) is 10.8. The Kier molecular flexibility index (Phi) is 2.81. The molecule has 84 valence electrons. The van der Waals surface area contributed by atoms with Crippen molar-refractivity contribution in [1.29, 1.82) is 5.26 Å². The first-order chi connectivity index (χ1) is 8.11. The van der Waals surface area contributed by atoms with Gasteiger partial charge in [0, 0.05) is 6.20 Å². The van der Waals surface area contributed by atoms with Crippen LogP contribution in [0.2, 0.25) is 5.02 Å². The van der Waals surface area contributed by atoms with Gasteiger partial charge in [-0.05, 0) is 18.2 Å². The van der Waals surface area contributed by atoms with E-state index < -0.39 is 5.97 Å². The Morgan fingerprint density at radius 1 is 1.53 bits per heavy atom. The highest BCUT2D eigenvalue weighted by molar-refractivity contribution is 6.30. The molecule has 0 spiro atoms. The molecule has 0 radical (unpaired) electrons. The van der Waals surface area contributed by atoms with Crippen molar-refractivity contribution in [2.24, 2.45) is 0 Å². The summed E-state index contributed by atoms with van der Waals surface area (Å²) in [6.07, 6.45) is 2.98. The Morgan fingerprint density at radius 2 is 2.29 bits per heavy atom. The van der Waals surface area contributed by atoms with E-state index in [0.717, 1.165) is 0 Å². The number of carbonyl (C=O) groups is 1. The summed E-state index contributed by atoms with van der Waals surface area (Å²) in [6, 6.07) is 6.16. The highest BCUT2D eigenvalue weighted by Gasteiger charge is 2.10. The zero-order valence-corrected chi connectivity index (χ0v) is 9.22. The third-order valence-corrected chi connectivity index (χ3v) is 2.36. The Morgan fingerprint density at radius 3 is 2.82 bits per heavy atom. The summed E-state index contributed by atoms with van der Waals surface area (Å²) >= 11 is 5.73. The van der Waals surface area contributed by atoms with Crippen molar-refractivity contribution < 1.29 is 9.90 Å². The number of halogens is 1. The van der Waals surface area contributed by atoms with Gasteiger partial charge < -0.3 is 5.11 Å². The van der Waals surface area contributed by atoms with E-state index in [0.29, 0.717) is 10.7 Å². The SMILES string of the molecule is N#Cc1cc(C(=O)O)ccc1-n1cc(Cl)cn1. The predicted molar refractivity (Wildman–Crippen MR) is 60.2 cm³/mol. The lowest BCUT2D eigenvalue weighted by atomic mass is 10.1. The number of nitrogens with zero attached hydrogens (tertiary/aromatic N) is 3. The quantitative estimate of drug-likeness (QED) is 0.881. The molecule has 0 aliphatic rings. The molecule has 0 unspecified atom stereocenters. The topological polar surface area (TPSA) is 78.9 Å². The van der Waals surface area contributed by atoms with Crippen LogP contribution >= 0.6 is 11.6 Å². The Hall–Kier alpha value is -2.32. The molecular formula is C11H6ClN3O2. The first-order valence-electron chi connectivity index (χ1n) is 4.60. The fraction of sp³-hybridized carbons (Fsp3) is 0. The van der Waals surface area contributed by atoms with E-state index in [4.69, 9.17) is 22.0 Å². The number of hydrogen-bond acceptors (Lipinski definition) is 3. The standard InChI is InChI=1S/C11H6ClN3O2/c12-9-5-14-15(6-9)10-2-1-7(11(16)17)3-8(10)4-13/h1-3,5-6H,(H,16,17). The van der Waals surface area contributed by atoms with E-state index >= 15 is 0 Å². The molecule has 0 saturated carbocycles. The highest BCUT2D eigenvalue weighted by Crippen LogP contribution is 2.17. The van der Waals surface area contributed by atoms with E-state index in [1.54, 1.807) is 0 Å². The van der Waals surface area contributed by atoms with Crippen molar-refractivity contribution in [3.8, 4) is 11.8 Å². The van der Waals surface area contributed by atoms with E-state index in [-0.39, 0.29) is 11.1 Å². The van der Waals surface area contributed by atoms with Crippen molar-refractivity contribution in [3.05, 3.63) is 46.7 Å². The molecule has 2 rings (SSSR count). The molecule has 0 atom stereocenters. The number of carboxylic acid groups (broad SMARTS) is 1. The summed E-state index contributed by atoms with van der Waals surface area (Å²) in [5.74, 6) is -1.08. The molecule has 0 amide bonds. The average Bonchev–Trinajstić information content (AvgIpc) is 2.74. The second-order valence-electron chi connectivity index (χ2n) is 3.25. The number of rotatable bonds is 2. The van der Waals surface area contributed by atoms with Crippen molar-refractivity contribution >= 4 is 17.6 Å². The molecule has 0 saturated heterocycles. The minimum absolute atomic E-state index is 0.0588. The van der Waals surface area contributed by atoms with Gasteiger partial charge in [-0.3, -0.25) is 0 Å². The summed E-state index contributed by atoms with van der Waals surface area (Å²) in [5, 5.41) is 22.2. The van der Waals surface area contributed by atoms with Crippen molar-refractivity contribution in [2.45, 2.75) is 0 Å². The molecule has 1 aromatic carbocycles. The molecule has 17 heavy (non-hydrogen) atoms. The van der Waals surface area contributed by atoms with Gasteiger partial charge in [0.15, 0.2) is 0 Å². The lowest BCUT2D eigenvalue weighted by Gasteiger charge is -2.04. The van der Waals surface area contributed by atoms with Crippen LogP contribution < -0.4 is 0 Å². The van der Waals surface area contributed by atoms with Crippen LogP contribution in [0.5, 0.6) is 0 Å². The normalized spacial score (nSPS) is 9.88. The molecule has 6 heteroatoms. The Bertz CT molecular complexity index is 628. The molecule has 1 heterocycles. The Balaban J connectivity index is 2.56. The van der Waals surface area contributed by atoms with Crippen LogP contribution in [0.25, 0.3) is 5.69 Å². The highest BCUT2D eigenvalue weighted by atomic mass is 35.5. The molecule has 0 aliphatic carbocycles. The van der Waals surface area contributed by atoms with Crippen molar-refractivity contribution in [2.75, 3.05) is 0 Å². The van der Waals surface area contributed by atoms with E-state index in [1.165, 1.54) is 35.3 Å². The van der Waals surface area contributed by atoms with Crippen LogP contribution in [0.4, 0.5) is 0 Å². The third-order valence-electron chi connectivity index (χ3n) is 2.16. The number of carboxylic acids is 1. The second kappa shape index (κ2) is 4.28. The molecular weight excluding hydrogens is 242 g/mol. The molecule has 2 aromatic rings. The molecule has 0 fully saturated rings. The number of hydrogen-bond donors (Lipinski definition) is 1. The summed E-state index contributed by atoms with van der Waals surface area (Å²) in [7, 11) is 0. The van der Waals surface area contributed by atoms with Crippen molar-refractivity contribution in [3.63, 3.8) is 0 Å². The smallest absolute Gasteiger partial charge is 0.335 e. The first-order valence-corrected chi connectivity index (χ1v) is 4.97. The third kappa shape index (κ3) is 2.12. The van der Waals surface area contributed by atoms with E-state index in [2.05, 4.69) is 5.10 Å². The minimum Gasteiger partial charge on any atom is -0.478 e. The molecule has 1 aromatic heterocycles. The molecule has 0 aliphatic heterocycles. The van der Waals surface area contributed by atoms with Crippen LogP contribution in [0.1, 0.15) is 15.9 Å². The van der Waals surface area contributed by atoms with Gasteiger partial charge in [-0.25, -0.2) is 9.48 Å². The monoisotopic (exact) mass is 247 g/mol. The largest absolute Gasteiger partial charge is 0.478 e. The molecule has 1 N–H and O–H groups in total. The van der Waals surface area contributed by atoms with Crippen LogP contribution in [0.3, 0.4) is 0 Å². The lowest BCUT2D eigenvalue weighted by molar-refractivity contribution is 0.0697. The van der Waals surface area contributed by atoms with Gasteiger partial charge in [-0.15, -0.1) is 0 Å². The summed E-state index contributed by atoms with van der Waals surface area (Å²) in [6.45, 7) is 0. The summed E-state index contributed by atoms with van der Waals surface area (Å²) < 4.78 is 1.42. The fourth-order valence-corrected chi connectivity index (χ4v) is 1.53. The fourth-order valence-electron chi connectivity index (χ4n) is 1.39. The number of nitriles is 1. The lowest BCUT2D eigenvalue weighted by Crippen LogP contribution is -2.02. The van der Waals surface area contributed by atoms with Crippen LogP contribution in [-0.2, 0) is 0 Å². The minimum atomic E-state index is -1.08. The summed E-state index contributed by atoms with van der Waals surface area (Å²) in [5.41, 5.74) is 0.776. The van der Waals surface area contributed by atoms with E-state index in [1.807, 2.05) is 6.07 Å². The van der Waals surface area contributed by atoms with Crippen LogP contribution in [0.15, 0.2) is 30.6 Å². The number of aromatic nitrogens is 2. The zero-order valence-electron chi connectivity index (χ0n) is 8.46. The predicted octanol–water partition coefficient (Wildman–Crippen LogP) is 2.10. The van der Waals surface area contributed by atoms with Gasteiger partial charge in [0.25, 0.3) is 0 Å². The maximum Gasteiger partial charge on any atom is 0.335 e. The molecule has 0 bridgehead atoms. The van der Waals surface area contributed by atoms with Gasteiger partial charge in [0.2, 0.25) is 0 Å². The molecule has 5 nitrogen and oxygen atoms in total. The van der Waals surface area contributed by atoms with Crippen molar-refractivity contribution in [1.82, 2.24) is 9.78 Å². The van der Waals surface area contributed by atoms with Gasteiger partial charge in [-0.1, -0.05) is 11.6 Å². The van der Waals surface area contributed by atoms with Gasteiger partial charge in [0.05, 0.1) is 28.0 Å². The maximum atomic E-state index is 10.8. The van der Waals surface area contributed by atoms with Crippen LogP contribution in [-0.4, -0.2) is 20.9 Å². The maximum absolute atomic E-state index is 10.8. The van der Waals surface area contributed by atoms with Gasteiger partial charge in [0.1, 0.15) is 6.07 Å².